The molecule has 80 valence electrons. The molecule has 0 saturated carbocycles. The first-order valence-electron chi connectivity index (χ1n) is 4.65. The van der Waals surface area contributed by atoms with E-state index in [0.29, 0.717) is 0 Å². The van der Waals surface area contributed by atoms with E-state index in [1.165, 1.54) is 0 Å². The number of Topliss-reactive ketones (excluding diaryl/α,β-unsaturated/α-hetero) is 1. The van der Waals surface area contributed by atoms with E-state index in [-0.39, 0.29) is 5.78 Å². The Morgan fingerprint density at radius 1 is 1.40 bits per heavy atom. The molecule has 15 heavy (non-hydrogen) atoms. The topological polar surface area (TPSA) is 26.3 Å². The van der Waals surface area contributed by atoms with Crippen molar-refractivity contribution < 1.29 is 9.53 Å². The molecule has 0 N–H and O–H groups in total. The summed E-state index contributed by atoms with van der Waals surface area (Å²) in [5, 5.41) is 0. The Bertz CT molecular complexity index is 413. The Kier molecular flexibility index (Phi) is 2.90. The Balaban J connectivity index is 2.55. The Morgan fingerprint density at radius 3 is 2.80 bits per heavy atom. The summed E-state index contributed by atoms with van der Waals surface area (Å²) in [6, 6.07) is 5.58. The summed E-state index contributed by atoms with van der Waals surface area (Å²) in [6.07, 6.45) is 1.57. The summed E-state index contributed by atoms with van der Waals surface area (Å²) >= 11 is 6.80. The van der Waals surface area contributed by atoms with E-state index in [9.17, 15) is 4.79 Å². The molecule has 2 nitrogen and oxygen atoms in total. The second-order valence-electron chi connectivity index (χ2n) is 3.52. The van der Waals surface area contributed by atoms with Crippen molar-refractivity contribution in [2.45, 2.75) is 16.1 Å². The number of halogens is 2. The smallest absolute Gasteiger partial charge is 0.190 e. The fraction of sp³-hybridized carbons (Fsp3) is 0.364. The van der Waals surface area contributed by atoms with Crippen LogP contribution in [0.3, 0.4) is 0 Å². The van der Waals surface area contributed by atoms with Crippen molar-refractivity contribution >= 4 is 37.6 Å². The van der Waals surface area contributed by atoms with E-state index in [0.717, 1.165) is 29.7 Å². The van der Waals surface area contributed by atoms with Crippen molar-refractivity contribution in [2.75, 3.05) is 7.11 Å². The normalized spacial score (nSPS) is 18.5. The van der Waals surface area contributed by atoms with Crippen molar-refractivity contribution in [2.24, 2.45) is 0 Å². The summed E-state index contributed by atoms with van der Waals surface area (Å²) < 4.78 is 4.65. The maximum absolute atomic E-state index is 12.1. The summed E-state index contributed by atoms with van der Waals surface area (Å²) in [5.74, 6) is 0.874. The summed E-state index contributed by atoms with van der Waals surface area (Å²) in [6.45, 7) is 0. The van der Waals surface area contributed by atoms with E-state index >= 15 is 0 Å². The van der Waals surface area contributed by atoms with Gasteiger partial charge in [-0.15, -0.1) is 0 Å². The molecule has 0 bridgehead atoms. The van der Waals surface area contributed by atoms with Crippen LogP contribution in [0.2, 0.25) is 0 Å². The van der Waals surface area contributed by atoms with Crippen LogP contribution in [0.4, 0.5) is 0 Å². The van der Waals surface area contributed by atoms with Gasteiger partial charge in [0, 0.05) is 11.1 Å². The van der Waals surface area contributed by atoms with Gasteiger partial charge in [0.15, 0.2) is 5.78 Å². The van der Waals surface area contributed by atoms with Crippen LogP contribution in [-0.4, -0.2) is 16.1 Å². The molecule has 1 aromatic rings. The maximum atomic E-state index is 12.1. The molecule has 0 unspecified atom stereocenters. The first-order valence-corrected chi connectivity index (χ1v) is 6.23. The number of alkyl halides is 2. The molecule has 2 rings (SSSR count). The molecule has 0 atom stereocenters. The molecular weight excluding hydrogens is 324 g/mol. The number of fused-ring (bicyclic) bond motifs is 1. The van der Waals surface area contributed by atoms with E-state index in [4.69, 9.17) is 4.74 Å². The number of hydrogen-bond donors (Lipinski definition) is 0. The quantitative estimate of drug-likeness (QED) is 0.737. The van der Waals surface area contributed by atoms with Crippen molar-refractivity contribution in [1.29, 1.82) is 0 Å². The molecule has 1 aliphatic rings. The number of carbonyl (C=O) groups is 1. The maximum Gasteiger partial charge on any atom is 0.190 e. The highest BCUT2D eigenvalue weighted by Crippen LogP contribution is 2.42. The van der Waals surface area contributed by atoms with Gasteiger partial charge in [-0.1, -0.05) is 44.0 Å². The highest BCUT2D eigenvalue weighted by Gasteiger charge is 2.38. The Hall–Kier alpha value is -0.350. The summed E-state index contributed by atoms with van der Waals surface area (Å²) in [7, 11) is 1.63. The Morgan fingerprint density at radius 2 is 2.13 bits per heavy atom. The van der Waals surface area contributed by atoms with Gasteiger partial charge in [0.25, 0.3) is 0 Å². The van der Waals surface area contributed by atoms with Crippen LogP contribution in [0.1, 0.15) is 22.3 Å². The Labute approximate surface area is 105 Å². The third-order valence-corrected chi connectivity index (χ3v) is 4.13. The standard InChI is InChI=1S/C11H10Br2O2/c1-15-9-4-2-3-8-7(9)5-6-11(12,13)10(8)14/h2-4H,5-6H2,1H3. The minimum atomic E-state index is -0.598. The number of benzene rings is 1. The van der Waals surface area contributed by atoms with Gasteiger partial charge in [-0.3, -0.25) is 4.79 Å². The molecule has 0 saturated heterocycles. The molecule has 0 fully saturated rings. The SMILES string of the molecule is COc1cccc2c1CCC(Br)(Br)C2=O. The first-order chi connectivity index (χ1) is 7.06. The average molecular weight is 334 g/mol. The minimum absolute atomic E-state index is 0.0719. The molecule has 0 spiro atoms. The molecule has 0 heterocycles. The van der Waals surface area contributed by atoms with Crippen molar-refractivity contribution in [3.8, 4) is 5.75 Å². The van der Waals surface area contributed by atoms with Gasteiger partial charge in [0.2, 0.25) is 0 Å². The third kappa shape index (κ3) is 1.85. The van der Waals surface area contributed by atoms with Crippen LogP contribution in [0.15, 0.2) is 18.2 Å². The van der Waals surface area contributed by atoms with Gasteiger partial charge in [0.1, 0.15) is 8.98 Å². The van der Waals surface area contributed by atoms with E-state index < -0.39 is 3.23 Å². The lowest BCUT2D eigenvalue weighted by Crippen LogP contribution is -2.31. The van der Waals surface area contributed by atoms with Gasteiger partial charge in [-0.25, -0.2) is 0 Å². The number of ether oxygens (including phenoxy) is 1. The summed E-state index contributed by atoms with van der Waals surface area (Å²) in [5.41, 5.74) is 1.76. The van der Waals surface area contributed by atoms with Gasteiger partial charge in [-0.05, 0) is 18.9 Å². The van der Waals surface area contributed by atoms with Crippen LogP contribution in [-0.2, 0) is 6.42 Å². The van der Waals surface area contributed by atoms with E-state index in [1.807, 2.05) is 18.2 Å². The minimum Gasteiger partial charge on any atom is -0.496 e. The zero-order valence-corrected chi connectivity index (χ0v) is 11.4. The number of carbonyl (C=O) groups excluding carboxylic acids is 1. The monoisotopic (exact) mass is 332 g/mol. The fourth-order valence-corrected chi connectivity index (χ4v) is 2.64. The lowest BCUT2D eigenvalue weighted by molar-refractivity contribution is 0.0971. The zero-order chi connectivity index (χ0) is 11.1. The van der Waals surface area contributed by atoms with Crippen molar-refractivity contribution in [3.63, 3.8) is 0 Å². The fourth-order valence-electron chi connectivity index (χ4n) is 1.82. The lowest BCUT2D eigenvalue weighted by atomic mass is 9.90. The highest BCUT2D eigenvalue weighted by molar-refractivity contribution is 9.26. The number of rotatable bonds is 1. The predicted molar refractivity (Wildman–Crippen MR) is 66.2 cm³/mol. The first kappa shape index (κ1) is 11.1. The van der Waals surface area contributed by atoms with Gasteiger partial charge < -0.3 is 4.74 Å². The van der Waals surface area contributed by atoms with Crippen LogP contribution < -0.4 is 4.74 Å². The number of methoxy groups -OCH3 is 1. The van der Waals surface area contributed by atoms with Crippen LogP contribution >= 0.6 is 31.9 Å². The second-order valence-corrected chi connectivity index (χ2v) is 7.29. The van der Waals surface area contributed by atoms with Crippen molar-refractivity contribution in [3.05, 3.63) is 29.3 Å². The lowest BCUT2D eigenvalue weighted by Gasteiger charge is -2.27. The van der Waals surface area contributed by atoms with Crippen LogP contribution in [0, 0.1) is 0 Å². The molecule has 0 radical (unpaired) electrons. The van der Waals surface area contributed by atoms with Gasteiger partial charge >= 0.3 is 0 Å². The van der Waals surface area contributed by atoms with E-state index in [1.54, 1.807) is 7.11 Å². The predicted octanol–water partition coefficient (Wildman–Crippen LogP) is 3.31. The number of hydrogen-bond acceptors (Lipinski definition) is 2. The van der Waals surface area contributed by atoms with Gasteiger partial charge in [0.05, 0.1) is 7.11 Å². The molecule has 0 aromatic heterocycles. The van der Waals surface area contributed by atoms with Crippen molar-refractivity contribution in [1.82, 2.24) is 0 Å². The molecule has 1 aromatic carbocycles. The molecular formula is C11H10Br2O2. The molecule has 1 aliphatic carbocycles. The largest absolute Gasteiger partial charge is 0.496 e. The highest BCUT2D eigenvalue weighted by atomic mass is 79.9. The second kappa shape index (κ2) is 3.91. The van der Waals surface area contributed by atoms with Crippen LogP contribution in [0.25, 0.3) is 0 Å². The molecule has 0 amide bonds. The van der Waals surface area contributed by atoms with E-state index in [2.05, 4.69) is 31.9 Å². The number of ketones is 1. The van der Waals surface area contributed by atoms with Gasteiger partial charge in [-0.2, -0.15) is 0 Å². The third-order valence-electron chi connectivity index (χ3n) is 2.62. The molecule has 4 heteroatoms. The average Bonchev–Trinajstić information content (AvgIpc) is 2.23. The zero-order valence-electron chi connectivity index (χ0n) is 8.22. The van der Waals surface area contributed by atoms with Crippen LogP contribution in [0.5, 0.6) is 5.75 Å². The summed E-state index contributed by atoms with van der Waals surface area (Å²) in [4.78, 5) is 12.1. The molecule has 0 aliphatic heterocycles.